The van der Waals surface area contributed by atoms with E-state index in [2.05, 4.69) is 25.6 Å². The first-order chi connectivity index (χ1) is 15.1. The Kier molecular flexibility index (Phi) is 7.05. The molecule has 0 bridgehead atoms. The van der Waals surface area contributed by atoms with Crippen LogP contribution in [-0.2, 0) is 10.0 Å². The molecule has 1 aliphatic rings. The van der Waals surface area contributed by atoms with Gasteiger partial charge in [0.2, 0.25) is 0 Å². The van der Waals surface area contributed by atoms with Gasteiger partial charge in [0.25, 0.3) is 10.0 Å². The van der Waals surface area contributed by atoms with Gasteiger partial charge in [0.1, 0.15) is 26.2 Å². The molecular formula is C21H18BrCl2FN2O3S2. The number of hydrogen-bond donors (Lipinski definition) is 1. The van der Waals surface area contributed by atoms with Crippen LogP contribution < -0.4 is 9.46 Å². The van der Waals surface area contributed by atoms with E-state index in [9.17, 15) is 12.8 Å². The van der Waals surface area contributed by atoms with Gasteiger partial charge in [-0.15, -0.1) is 11.3 Å². The maximum Gasteiger partial charge on any atom is 0.271 e. The molecule has 0 spiro atoms. The van der Waals surface area contributed by atoms with E-state index in [1.54, 1.807) is 18.2 Å². The monoisotopic (exact) mass is 578 g/mol. The van der Waals surface area contributed by atoms with Crippen LogP contribution in [0.2, 0.25) is 9.36 Å². The Morgan fingerprint density at radius 2 is 2.00 bits per heavy atom. The molecule has 1 fully saturated rings. The lowest BCUT2D eigenvalue weighted by atomic mass is 10.1. The summed E-state index contributed by atoms with van der Waals surface area (Å²) in [4.78, 5) is 2.18. The molecule has 0 unspecified atom stereocenters. The van der Waals surface area contributed by atoms with Gasteiger partial charge in [-0.2, -0.15) is 0 Å². The van der Waals surface area contributed by atoms with Gasteiger partial charge in [-0.25, -0.2) is 12.8 Å². The van der Waals surface area contributed by atoms with Crippen LogP contribution in [0.25, 0.3) is 11.1 Å². The standard InChI is InChI=1S/C21H18BrCl2FN2O3S2/c1-27-7-6-14(11-27)30-19-9-13(3-4-16(19)22)26-32(28,29)20-10-15(21(24)31-20)12-2-5-18(25)17(23)8-12/h2-5,8-10,14,26H,6-7,11H2,1H3/t14-/m1/s1. The van der Waals surface area contributed by atoms with Crippen LogP contribution in [0.1, 0.15) is 6.42 Å². The Bertz CT molecular complexity index is 1270. The van der Waals surface area contributed by atoms with Gasteiger partial charge >= 0.3 is 0 Å². The molecule has 2 aromatic carbocycles. The number of nitrogens with one attached hydrogen (secondary N) is 1. The van der Waals surface area contributed by atoms with Crippen LogP contribution in [-0.4, -0.2) is 39.6 Å². The van der Waals surface area contributed by atoms with Crippen LogP contribution in [0, 0.1) is 5.82 Å². The molecule has 3 aromatic rings. The number of anilines is 1. The molecule has 32 heavy (non-hydrogen) atoms. The summed E-state index contributed by atoms with van der Waals surface area (Å²) in [6, 6.07) is 10.6. The van der Waals surface area contributed by atoms with E-state index < -0.39 is 15.8 Å². The van der Waals surface area contributed by atoms with Crippen LogP contribution >= 0.6 is 50.5 Å². The van der Waals surface area contributed by atoms with E-state index in [1.807, 2.05) is 7.05 Å². The largest absolute Gasteiger partial charge is 0.488 e. The Labute approximate surface area is 208 Å². The Morgan fingerprint density at radius 1 is 1.22 bits per heavy atom. The van der Waals surface area contributed by atoms with Crippen molar-refractivity contribution >= 4 is 66.2 Å². The molecule has 170 valence electrons. The average molecular weight is 580 g/mol. The number of ether oxygens (including phenoxy) is 1. The molecule has 1 aliphatic heterocycles. The van der Waals surface area contributed by atoms with Crippen molar-refractivity contribution in [3.8, 4) is 16.9 Å². The normalized spacial score (nSPS) is 17.0. The molecule has 0 aliphatic carbocycles. The number of nitrogens with zero attached hydrogens (tertiary/aromatic N) is 1. The summed E-state index contributed by atoms with van der Waals surface area (Å²) < 4.78 is 49.1. The summed E-state index contributed by atoms with van der Waals surface area (Å²) in [6.45, 7) is 1.77. The molecule has 5 nitrogen and oxygen atoms in total. The smallest absolute Gasteiger partial charge is 0.271 e. The van der Waals surface area contributed by atoms with Crippen molar-refractivity contribution in [2.75, 3.05) is 24.9 Å². The molecule has 4 rings (SSSR count). The van der Waals surface area contributed by atoms with E-state index in [4.69, 9.17) is 27.9 Å². The van der Waals surface area contributed by atoms with E-state index in [1.165, 1.54) is 24.3 Å². The van der Waals surface area contributed by atoms with Gasteiger partial charge in [-0.05, 0) is 65.3 Å². The number of halogens is 4. The highest BCUT2D eigenvalue weighted by molar-refractivity contribution is 9.10. The zero-order valence-corrected chi connectivity index (χ0v) is 21.5. The van der Waals surface area contributed by atoms with Crippen LogP contribution in [0.5, 0.6) is 5.75 Å². The fourth-order valence-electron chi connectivity index (χ4n) is 3.37. The lowest BCUT2D eigenvalue weighted by molar-refractivity contribution is 0.207. The summed E-state index contributed by atoms with van der Waals surface area (Å²) in [7, 11) is -1.88. The molecule has 1 atom stereocenters. The minimum Gasteiger partial charge on any atom is -0.488 e. The SMILES string of the molecule is CN1CC[C@@H](Oc2cc(NS(=O)(=O)c3cc(-c4ccc(F)c(Cl)c4)c(Cl)s3)ccc2Br)C1. The van der Waals surface area contributed by atoms with Gasteiger partial charge in [0.15, 0.2) is 0 Å². The van der Waals surface area contributed by atoms with Crippen molar-refractivity contribution in [3.63, 3.8) is 0 Å². The number of thiophene rings is 1. The van der Waals surface area contributed by atoms with Crippen LogP contribution in [0.4, 0.5) is 10.1 Å². The van der Waals surface area contributed by atoms with Crippen molar-refractivity contribution in [1.29, 1.82) is 0 Å². The molecule has 2 heterocycles. The summed E-state index contributed by atoms with van der Waals surface area (Å²) >= 11 is 16.5. The Hall–Kier alpha value is -1.36. The van der Waals surface area contributed by atoms with Crippen molar-refractivity contribution in [2.45, 2.75) is 16.7 Å². The molecule has 0 amide bonds. The first-order valence-corrected chi connectivity index (χ1v) is 13.4. The first-order valence-electron chi connectivity index (χ1n) is 9.55. The van der Waals surface area contributed by atoms with Gasteiger partial charge in [-0.1, -0.05) is 29.3 Å². The Morgan fingerprint density at radius 3 is 2.69 bits per heavy atom. The molecule has 0 saturated carbocycles. The third-order valence-corrected chi connectivity index (χ3v) is 9.14. The second kappa shape index (κ2) is 9.48. The van der Waals surface area contributed by atoms with Crippen molar-refractivity contribution in [3.05, 3.63) is 62.1 Å². The number of likely N-dealkylation sites (N-methyl/N-ethyl adjacent to an activating group) is 1. The minimum atomic E-state index is -3.91. The molecule has 11 heteroatoms. The summed E-state index contributed by atoms with van der Waals surface area (Å²) in [5.41, 5.74) is 1.36. The zero-order valence-electron chi connectivity index (χ0n) is 16.7. The maximum atomic E-state index is 13.5. The van der Waals surface area contributed by atoms with E-state index >= 15 is 0 Å². The fraction of sp³-hybridized carbons (Fsp3) is 0.238. The van der Waals surface area contributed by atoms with Crippen molar-refractivity contribution in [1.82, 2.24) is 4.90 Å². The minimum absolute atomic E-state index is 0.0285. The summed E-state index contributed by atoms with van der Waals surface area (Å²) in [6.07, 6.45) is 0.951. The zero-order chi connectivity index (χ0) is 23.0. The van der Waals surface area contributed by atoms with Gasteiger partial charge in [0, 0.05) is 24.7 Å². The molecule has 1 saturated heterocycles. The van der Waals surface area contributed by atoms with Gasteiger partial charge < -0.3 is 9.64 Å². The lowest BCUT2D eigenvalue weighted by Gasteiger charge is -2.16. The van der Waals surface area contributed by atoms with Gasteiger partial charge in [0.05, 0.1) is 15.2 Å². The topological polar surface area (TPSA) is 58.6 Å². The number of benzene rings is 2. The molecule has 1 N–H and O–H groups in total. The highest BCUT2D eigenvalue weighted by Crippen LogP contribution is 2.40. The number of rotatable bonds is 6. The van der Waals surface area contributed by atoms with E-state index in [-0.39, 0.29) is 19.7 Å². The Balaban J connectivity index is 1.57. The number of likely N-dealkylation sites (tertiary alicyclic amines) is 1. The first kappa shape index (κ1) is 23.8. The van der Waals surface area contributed by atoms with Gasteiger partial charge in [-0.3, -0.25) is 4.72 Å². The summed E-state index contributed by atoms with van der Waals surface area (Å²) in [5, 5.41) is -0.0665. The second-order valence-corrected chi connectivity index (χ2v) is 12.2. The third kappa shape index (κ3) is 5.24. The fourth-order valence-corrected chi connectivity index (χ4v) is 6.71. The van der Waals surface area contributed by atoms with Crippen LogP contribution in [0.15, 0.2) is 51.1 Å². The van der Waals surface area contributed by atoms with E-state index in [0.717, 1.165) is 35.3 Å². The predicted molar refractivity (Wildman–Crippen MR) is 131 cm³/mol. The van der Waals surface area contributed by atoms with Crippen molar-refractivity contribution < 1.29 is 17.5 Å². The second-order valence-electron chi connectivity index (χ2n) is 7.42. The highest BCUT2D eigenvalue weighted by atomic mass is 79.9. The molecule has 1 aromatic heterocycles. The van der Waals surface area contributed by atoms with E-state index in [0.29, 0.717) is 22.6 Å². The summed E-state index contributed by atoms with van der Waals surface area (Å²) in [5.74, 6) is 0.00476. The maximum absolute atomic E-state index is 13.5. The van der Waals surface area contributed by atoms with Crippen LogP contribution in [0.3, 0.4) is 0 Å². The number of hydrogen-bond acceptors (Lipinski definition) is 5. The predicted octanol–water partition coefficient (Wildman–Crippen LogP) is 6.51. The third-order valence-electron chi connectivity index (χ3n) is 4.98. The molecular weight excluding hydrogens is 562 g/mol. The molecule has 0 radical (unpaired) electrons. The quantitative estimate of drug-likeness (QED) is 0.362. The lowest BCUT2D eigenvalue weighted by Crippen LogP contribution is -2.21. The number of sulfonamides is 1. The van der Waals surface area contributed by atoms with Crippen molar-refractivity contribution in [2.24, 2.45) is 0 Å². The average Bonchev–Trinajstić information content (AvgIpc) is 3.32. The highest BCUT2D eigenvalue weighted by Gasteiger charge is 2.24.